The average Bonchev–Trinajstić information content (AvgIpc) is 2.01. The summed E-state index contributed by atoms with van der Waals surface area (Å²) in [5, 5.41) is 1.14. The van der Waals surface area contributed by atoms with Crippen LogP contribution in [0.2, 0.25) is 0 Å². The predicted octanol–water partition coefficient (Wildman–Crippen LogP) is 2.96. The second kappa shape index (κ2) is 7.59. The maximum absolute atomic E-state index is 4.20. The van der Waals surface area contributed by atoms with Crippen molar-refractivity contribution in [1.29, 1.82) is 0 Å². The zero-order valence-electron chi connectivity index (χ0n) is 8.51. The van der Waals surface area contributed by atoms with Gasteiger partial charge in [0.05, 0.1) is 5.04 Å². The molecule has 0 N–H and O–H groups in total. The van der Waals surface area contributed by atoms with Gasteiger partial charge in [0.2, 0.25) is 0 Å². The normalized spacial score (nSPS) is 12.2. The Morgan fingerprint density at radius 3 is 2.54 bits per heavy atom. The highest BCUT2D eigenvalue weighted by molar-refractivity contribution is 9.14. The highest BCUT2D eigenvalue weighted by Gasteiger charge is 2.01. The molecular formula is C9H17BrN2S. The molecule has 0 saturated carbocycles. The molecule has 0 fully saturated rings. The minimum absolute atomic E-state index is 0.929. The largest absolute Gasteiger partial charge is 0.309 e. The fourth-order valence-electron chi connectivity index (χ4n) is 0.883. The summed E-state index contributed by atoms with van der Waals surface area (Å²) < 4.78 is 0.929. The first-order valence-corrected chi connectivity index (χ1v) is 5.80. The number of halogens is 1. The molecule has 0 atom stereocenters. The van der Waals surface area contributed by atoms with Crippen LogP contribution in [0.1, 0.15) is 12.8 Å². The smallest absolute Gasteiger partial charge is 0.0725 e. The number of aliphatic imine (C=N–C) groups is 1. The van der Waals surface area contributed by atoms with Gasteiger partial charge in [0.25, 0.3) is 0 Å². The second-order valence-electron chi connectivity index (χ2n) is 2.98. The van der Waals surface area contributed by atoms with Crippen molar-refractivity contribution in [3.63, 3.8) is 0 Å². The Morgan fingerprint density at radius 1 is 1.54 bits per heavy atom. The first kappa shape index (κ1) is 13.2. The highest BCUT2D eigenvalue weighted by Crippen LogP contribution is 2.23. The minimum atomic E-state index is 0.929. The molecule has 2 nitrogen and oxygen atoms in total. The fraction of sp³-hybridized carbons (Fsp3) is 0.667. The van der Waals surface area contributed by atoms with Gasteiger partial charge in [-0.2, -0.15) is 0 Å². The van der Waals surface area contributed by atoms with E-state index in [9.17, 15) is 0 Å². The molecule has 0 radical (unpaired) electrons. The Balaban J connectivity index is 3.68. The summed E-state index contributed by atoms with van der Waals surface area (Å²) >= 11 is 4.92. The molecule has 0 bridgehead atoms. The first-order valence-electron chi connectivity index (χ1n) is 4.19. The average molecular weight is 265 g/mol. The van der Waals surface area contributed by atoms with Crippen molar-refractivity contribution < 1.29 is 0 Å². The van der Waals surface area contributed by atoms with E-state index in [0.717, 1.165) is 28.2 Å². The summed E-state index contributed by atoms with van der Waals surface area (Å²) in [6, 6.07) is 0. The van der Waals surface area contributed by atoms with Crippen LogP contribution in [0.3, 0.4) is 0 Å². The third-order valence-corrected chi connectivity index (χ3v) is 2.80. The molecule has 0 saturated heterocycles. The zero-order chi connectivity index (χ0) is 10.3. The Hall–Kier alpha value is 0.200. The van der Waals surface area contributed by atoms with Crippen LogP contribution in [-0.2, 0) is 0 Å². The molecule has 0 aromatic rings. The van der Waals surface area contributed by atoms with E-state index in [1.807, 2.05) is 7.05 Å². The van der Waals surface area contributed by atoms with E-state index in [0.29, 0.717) is 0 Å². The van der Waals surface area contributed by atoms with Crippen molar-refractivity contribution in [2.24, 2.45) is 4.99 Å². The van der Waals surface area contributed by atoms with Crippen molar-refractivity contribution in [1.82, 2.24) is 4.90 Å². The third kappa shape index (κ3) is 8.53. The van der Waals surface area contributed by atoms with Crippen LogP contribution in [-0.4, -0.2) is 37.6 Å². The van der Waals surface area contributed by atoms with E-state index in [-0.39, 0.29) is 0 Å². The number of thioether (sulfide) groups is 1. The zero-order valence-corrected chi connectivity index (χ0v) is 10.9. The van der Waals surface area contributed by atoms with Gasteiger partial charge in [-0.15, -0.1) is 0 Å². The molecule has 0 unspecified atom stereocenters. The molecular weight excluding hydrogens is 248 g/mol. The van der Waals surface area contributed by atoms with E-state index in [4.69, 9.17) is 0 Å². The van der Waals surface area contributed by atoms with E-state index < -0.39 is 0 Å². The van der Waals surface area contributed by atoms with Gasteiger partial charge in [-0.1, -0.05) is 18.3 Å². The lowest BCUT2D eigenvalue weighted by molar-refractivity contribution is 0.404. The molecule has 13 heavy (non-hydrogen) atoms. The van der Waals surface area contributed by atoms with Gasteiger partial charge in [-0.05, 0) is 49.4 Å². The lowest BCUT2D eigenvalue weighted by Crippen LogP contribution is -2.13. The SMILES string of the molecule is C=C(Br)SC(CCCN(C)C)=NC. The number of hydrogen-bond acceptors (Lipinski definition) is 3. The van der Waals surface area contributed by atoms with E-state index in [1.165, 1.54) is 0 Å². The van der Waals surface area contributed by atoms with Crippen LogP contribution >= 0.6 is 27.7 Å². The summed E-state index contributed by atoms with van der Waals surface area (Å²) in [5.41, 5.74) is 0. The van der Waals surface area contributed by atoms with Gasteiger partial charge >= 0.3 is 0 Å². The highest BCUT2D eigenvalue weighted by atomic mass is 79.9. The topological polar surface area (TPSA) is 15.6 Å². The van der Waals surface area contributed by atoms with Gasteiger partial charge in [0, 0.05) is 10.9 Å². The maximum atomic E-state index is 4.20. The Morgan fingerprint density at radius 2 is 2.15 bits per heavy atom. The van der Waals surface area contributed by atoms with Crippen molar-refractivity contribution in [2.45, 2.75) is 12.8 Å². The van der Waals surface area contributed by atoms with Gasteiger partial charge in [-0.25, -0.2) is 0 Å². The van der Waals surface area contributed by atoms with Crippen molar-refractivity contribution in [3.8, 4) is 0 Å². The predicted molar refractivity (Wildman–Crippen MR) is 66.8 cm³/mol. The summed E-state index contributed by atoms with van der Waals surface area (Å²) in [6.45, 7) is 4.88. The Bertz CT molecular complexity index is 190. The number of nitrogens with zero attached hydrogens (tertiary/aromatic N) is 2. The van der Waals surface area contributed by atoms with Gasteiger partial charge in [0.15, 0.2) is 0 Å². The first-order chi connectivity index (χ1) is 6.06. The van der Waals surface area contributed by atoms with Crippen molar-refractivity contribution in [2.75, 3.05) is 27.7 Å². The molecule has 4 heteroatoms. The molecule has 0 aliphatic carbocycles. The molecule has 0 aliphatic heterocycles. The maximum Gasteiger partial charge on any atom is 0.0725 e. The minimum Gasteiger partial charge on any atom is -0.309 e. The molecule has 76 valence electrons. The number of hydrogen-bond donors (Lipinski definition) is 0. The molecule has 0 rings (SSSR count). The van der Waals surface area contributed by atoms with Gasteiger partial charge in [0.1, 0.15) is 0 Å². The van der Waals surface area contributed by atoms with E-state index in [2.05, 4.69) is 46.5 Å². The van der Waals surface area contributed by atoms with E-state index >= 15 is 0 Å². The Labute approximate surface area is 93.6 Å². The van der Waals surface area contributed by atoms with Crippen molar-refractivity contribution in [3.05, 3.63) is 10.4 Å². The second-order valence-corrected chi connectivity index (χ2v) is 5.63. The van der Waals surface area contributed by atoms with Gasteiger partial charge in [-0.3, -0.25) is 4.99 Å². The molecule has 0 aliphatic rings. The van der Waals surface area contributed by atoms with Crippen LogP contribution in [0, 0.1) is 0 Å². The van der Waals surface area contributed by atoms with Crippen LogP contribution in [0.15, 0.2) is 15.4 Å². The fourth-order valence-corrected chi connectivity index (χ4v) is 2.04. The molecule has 0 heterocycles. The lowest BCUT2D eigenvalue weighted by Gasteiger charge is -2.09. The molecule has 0 spiro atoms. The molecule has 0 aromatic heterocycles. The van der Waals surface area contributed by atoms with Crippen LogP contribution < -0.4 is 0 Å². The van der Waals surface area contributed by atoms with Crippen LogP contribution in [0.4, 0.5) is 0 Å². The van der Waals surface area contributed by atoms with Crippen molar-refractivity contribution >= 4 is 32.7 Å². The van der Waals surface area contributed by atoms with Gasteiger partial charge < -0.3 is 4.90 Å². The quantitative estimate of drug-likeness (QED) is 0.561. The number of rotatable bonds is 5. The summed E-state index contributed by atoms with van der Waals surface area (Å²) in [5.74, 6) is 0. The summed E-state index contributed by atoms with van der Waals surface area (Å²) in [4.78, 5) is 6.38. The summed E-state index contributed by atoms with van der Waals surface area (Å²) in [7, 11) is 5.99. The van der Waals surface area contributed by atoms with Crippen LogP contribution in [0.25, 0.3) is 0 Å². The third-order valence-electron chi connectivity index (χ3n) is 1.47. The van der Waals surface area contributed by atoms with E-state index in [1.54, 1.807) is 11.8 Å². The lowest BCUT2D eigenvalue weighted by atomic mass is 10.3. The molecule has 0 aromatic carbocycles. The summed E-state index contributed by atoms with van der Waals surface area (Å²) in [6.07, 6.45) is 2.18. The molecule has 0 amide bonds. The Kier molecular flexibility index (Phi) is 7.71. The standard InChI is InChI=1S/C9H17BrN2S/c1-8(10)13-9(11-2)6-5-7-12(3)4/h1,5-7H2,2-4H3. The monoisotopic (exact) mass is 264 g/mol. The van der Waals surface area contributed by atoms with Crippen LogP contribution in [0.5, 0.6) is 0 Å².